The summed E-state index contributed by atoms with van der Waals surface area (Å²) in [6.07, 6.45) is 3.89. The molecule has 0 bridgehead atoms. The third-order valence-corrected chi connectivity index (χ3v) is 4.87. The lowest BCUT2D eigenvalue weighted by molar-refractivity contribution is -0.131. The van der Waals surface area contributed by atoms with E-state index in [1.54, 1.807) is 11.3 Å². The Morgan fingerprint density at radius 2 is 2.20 bits per heavy atom. The van der Waals surface area contributed by atoms with Crippen molar-refractivity contribution in [1.29, 1.82) is 0 Å². The van der Waals surface area contributed by atoms with Gasteiger partial charge in [-0.05, 0) is 52.8 Å². The number of amides is 1. The van der Waals surface area contributed by atoms with E-state index in [9.17, 15) is 4.79 Å². The Balaban J connectivity index is 1.77. The molecule has 0 saturated carbocycles. The first-order chi connectivity index (χ1) is 9.75. The minimum absolute atomic E-state index is 0.213. The quantitative estimate of drug-likeness (QED) is 0.839. The lowest BCUT2D eigenvalue weighted by Gasteiger charge is -2.33. The van der Waals surface area contributed by atoms with Gasteiger partial charge in [-0.1, -0.05) is 24.3 Å². The predicted molar refractivity (Wildman–Crippen MR) is 82.9 cm³/mol. The highest BCUT2D eigenvalue weighted by molar-refractivity contribution is 7.07. The zero-order valence-electron chi connectivity index (χ0n) is 11.7. The van der Waals surface area contributed by atoms with Crippen molar-refractivity contribution in [2.24, 2.45) is 0 Å². The van der Waals surface area contributed by atoms with E-state index in [0.717, 1.165) is 24.8 Å². The summed E-state index contributed by atoms with van der Waals surface area (Å²) in [5, 5.41) is 4.08. The van der Waals surface area contributed by atoms with Gasteiger partial charge in [-0.3, -0.25) is 4.79 Å². The SMILES string of the molecule is CN(C(=O)Cc1ccsc1)[C@@H]1CCCc2ccccc21. The molecule has 0 aliphatic heterocycles. The van der Waals surface area contributed by atoms with Crippen molar-refractivity contribution in [3.8, 4) is 0 Å². The summed E-state index contributed by atoms with van der Waals surface area (Å²) in [5.41, 5.74) is 3.86. The molecule has 0 fully saturated rings. The molecule has 1 aliphatic carbocycles. The fourth-order valence-corrected chi connectivity index (χ4v) is 3.67. The predicted octanol–water partition coefficient (Wildman–Crippen LogP) is 3.83. The van der Waals surface area contributed by atoms with E-state index in [1.165, 1.54) is 11.1 Å². The molecule has 1 atom stereocenters. The number of aryl methyl sites for hydroxylation is 1. The van der Waals surface area contributed by atoms with E-state index in [0.29, 0.717) is 6.42 Å². The molecule has 3 heteroatoms. The molecule has 0 spiro atoms. The Bertz CT molecular complexity index is 591. The Kier molecular flexibility index (Phi) is 3.88. The summed E-state index contributed by atoms with van der Waals surface area (Å²) in [7, 11) is 1.95. The van der Waals surface area contributed by atoms with Crippen molar-refractivity contribution < 1.29 is 4.79 Å². The number of benzene rings is 1. The molecule has 3 rings (SSSR count). The maximum absolute atomic E-state index is 12.5. The largest absolute Gasteiger partial charge is 0.338 e. The number of carbonyl (C=O) groups excluding carboxylic acids is 1. The maximum atomic E-state index is 12.5. The maximum Gasteiger partial charge on any atom is 0.227 e. The highest BCUT2D eigenvalue weighted by Crippen LogP contribution is 2.33. The second-order valence-corrected chi connectivity index (χ2v) is 6.20. The van der Waals surface area contributed by atoms with Crippen molar-refractivity contribution in [3.63, 3.8) is 0 Å². The average molecular weight is 285 g/mol. The van der Waals surface area contributed by atoms with Crippen LogP contribution in [0.15, 0.2) is 41.1 Å². The Morgan fingerprint density at radius 1 is 1.35 bits per heavy atom. The van der Waals surface area contributed by atoms with Crippen LogP contribution in [0.4, 0.5) is 0 Å². The number of fused-ring (bicyclic) bond motifs is 1. The molecule has 1 aromatic heterocycles. The Labute approximate surface area is 124 Å². The summed E-state index contributed by atoms with van der Waals surface area (Å²) >= 11 is 1.65. The molecule has 2 nitrogen and oxygen atoms in total. The number of hydrogen-bond acceptors (Lipinski definition) is 2. The lowest BCUT2D eigenvalue weighted by Crippen LogP contribution is -2.34. The standard InChI is InChI=1S/C17H19NOS/c1-18(17(19)11-13-9-10-20-12-13)16-8-4-6-14-5-2-3-7-15(14)16/h2-3,5,7,9-10,12,16H,4,6,8,11H2,1H3/t16-/m1/s1. The van der Waals surface area contributed by atoms with Crippen LogP contribution >= 0.6 is 11.3 Å². The van der Waals surface area contributed by atoms with E-state index >= 15 is 0 Å². The Morgan fingerprint density at radius 3 is 3.00 bits per heavy atom. The van der Waals surface area contributed by atoms with E-state index in [-0.39, 0.29) is 11.9 Å². The number of hydrogen-bond donors (Lipinski definition) is 0. The third-order valence-electron chi connectivity index (χ3n) is 4.13. The molecule has 1 heterocycles. The average Bonchev–Trinajstić information content (AvgIpc) is 2.99. The molecule has 0 unspecified atom stereocenters. The number of nitrogens with zero attached hydrogens (tertiary/aromatic N) is 1. The molecule has 0 saturated heterocycles. The van der Waals surface area contributed by atoms with Crippen LogP contribution in [-0.2, 0) is 17.6 Å². The fourth-order valence-electron chi connectivity index (χ4n) is 3.00. The summed E-state index contributed by atoms with van der Waals surface area (Å²) in [6, 6.07) is 10.8. The van der Waals surface area contributed by atoms with Crippen LogP contribution in [0.25, 0.3) is 0 Å². The summed E-state index contributed by atoms with van der Waals surface area (Å²) in [4.78, 5) is 14.4. The van der Waals surface area contributed by atoms with Crippen molar-refractivity contribution in [3.05, 3.63) is 57.8 Å². The van der Waals surface area contributed by atoms with Crippen LogP contribution in [0.3, 0.4) is 0 Å². The van der Waals surface area contributed by atoms with E-state index < -0.39 is 0 Å². The second kappa shape index (κ2) is 5.80. The van der Waals surface area contributed by atoms with Crippen LogP contribution in [0, 0.1) is 0 Å². The first kappa shape index (κ1) is 13.4. The summed E-state index contributed by atoms with van der Waals surface area (Å²) in [6.45, 7) is 0. The molecule has 2 aromatic rings. The zero-order chi connectivity index (χ0) is 13.9. The highest BCUT2D eigenvalue weighted by Gasteiger charge is 2.26. The Hall–Kier alpha value is -1.61. The van der Waals surface area contributed by atoms with Gasteiger partial charge in [-0.25, -0.2) is 0 Å². The van der Waals surface area contributed by atoms with Crippen molar-refractivity contribution >= 4 is 17.2 Å². The van der Waals surface area contributed by atoms with Crippen molar-refractivity contribution in [1.82, 2.24) is 4.90 Å². The molecular weight excluding hydrogens is 266 g/mol. The topological polar surface area (TPSA) is 20.3 Å². The fraction of sp³-hybridized carbons (Fsp3) is 0.353. The zero-order valence-corrected chi connectivity index (χ0v) is 12.5. The van der Waals surface area contributed by atoms with Gasteiger partial charge in [0.1, 0.15) is 0 Å². The van der Waals surface area contributed by atoms with Gasteiger partial charge in [0.2, 0.25) is 5.91 Å². The molecule has 0 radical (unpaired) electrons. The number of rotatable bonds is 3. The number of likely N-dealkylation sites (N-methyl/N-ethyl adjacent to an activating group) is 1. The lowest BCUT2D eigenvalue weighted by atomic mass is 9.87. The van der Waals surface area contributed by atoms with Crippen LogP contribution < -0.4 is 0 Å². The molecular formula is C17H19NOS. The van der Waals surface area contributed by atoms with Gasteiger partial charge in [0.15, 0.2) is 0 Å². The van der Waals surface area contributed by atoms with E-state index in [1.807, 2.05) is 23.4 Å². The van der Waals surface area contributed by atoms with Gasteiger partial charge in [0.05, 0.1) is 12.5 Å². The molecule has 0 N–H and O–H groups in total. The van der Waals surface area contributed by atoms with E-state index in [4.69, 9.17) is 0 Å². The molecule has 1 amide bonds. The van der Waals surface area contributed by atoms with Crippen LogP contribution in [0.1, 0.15) is 35.6 Å². The van der Waals surface area contributed by atoms with Gasteiger partial charge in [-0.2, -0.15) is 11.3 Å². The molecule has 104 valence electrons. The van der Waals surface area contributed by atoms with Gasteiger partial charge >= 0.3 is 0 Å². The first-order valence-electron chi connectivity index (χ1n) is 7.10. The van der Waals surface area contributed by atoms with Crippen molar-refractivity contribution in [2.45, 2.75) is 31.7 Å². The minimum Gasteiger partial charge on any atom is -0.338 e. The normalized spacial score (nSPS) is 17.6. The summed E-state index contributed by atoms with van der Waals surface area (Å²) < 4.78 is 0. The number of carbonyl (C=O) groups is 1. The van der Waals surface area contributed by atoms with Crippen LogP contribution in [0.2, 0.25) is 0 Å². The monoisotopic (exact) mass is 285 g/mol. The molecule has 1 aliphatic rings. The van der Waals surface area contributed by atoms with E-state index in [2.05, 4.69) is 29.6 Å². The van der Waals surface area contributed by atoms with Gasteiger partial charge < -0.3 is 4.90 Å². The molecule has 1 aromatic carbocycles. The number of thiophene rings is 1. The van der Waals surface area contributed by atoms with Gasteiger partial charge in [0.25, 0.3) is 0 Å². The van der Waals surface area contributed by atoms with Gasteiger partial charge in [-0.15, -0.1) is 0 Å². The smallest absolute Gasteiger partial charge is 0.227 e. The van der Waals surface area contributed by atoms with Gasteiger partial charge in [0, 0.05) is 7.05 Å². The first-order valence-corrected chi connectivity index (χ1v) is 8.04. The van der Waals surface area contributed by atoms with Crippen LogP contribution in [0.5, 0.6) is 0 Å². The third kappa shape index (κ3) is 2.63. The van der Waals surface area contributed by atoms with Crippen LogP contribution in [-0.4, -0.2) is 17.9 Å². The minimum atomic E-state index is 0.213. The molecule has 20 heavy (non-hydrogen) atoms. The van der Waals surface area contributed by atoms with Crippen molar-refractivity contribution in [2.75, 3.05) is 7.05 Å². The highest BCUT2D eigenvalue weighted by atomic mass is 32.1. The second-order valence-electron chi connectivity index (χ2n) is 5.42. The summed E-state index contributed by atoms with van der Waals surface area (Å²) in [5.74, 6) is 0.213.